The van der Waals surface area contributed by atoms with Crippen LogP contribution in [0.15, 0.2) is 121 Å². The van der Waals surface area contributed by atoms with Crippen LogP contribution in [0.25, 0.3) is 11.1 Å². The Kier molecular flexibility index (Phi) is 11.6. The summed E-state index contributed by atoms with van der Waals surface area (Å²) in [6.45, 7) is -0.277. The molecule has 5 rings (SSSR count). The number of amides is 1. The van der Waals surface area contributed by atoms with Crippen LogP contribution < -0.4 is 14.8 Å². The van der Waals surface area contributed by atoms with Crippen molar-refractivity contribution >= 4 is 29.6 Å². The average Bonchev–Trinajstić information content (AvgIpc) is 3.12. The Balaban J connectivity index is 1.10. The van der Waals surface area contributed by atoms with E-state index in [2.05, 4.69) is 5.32 Å². The van der Waals surface area contributed by atoms with Gasteiger partial charge in [0.05, 0.1) is 19.1 Å². The van der Waals surface area contributed by atoms with E-state index in [1.54, 1.807) is 72.8 Å². The van der Waals surface area contributed by atoms with E-state index in [1.165, 1.54) is 18.2 Å². The number of aldehydes is 1. The highest BCUT2D eigenvalue weighted by molar-refractivity contribution is 6.09. The van der Waals surface area contributed by atoms with Crippen molar-refractivity contribution in [3.05, 3.63) is 149 Å². The van der Waals surface area contributed by atoms with Crippen molar-refractivity contribution in [2.45, 2.75) is 12.5 Å². The Morgan fingerprint density at radius 3 is 1.94 bits per heavy atom. The zero-order valence-electron chi connectivity index (χ0n) is 26.2. The van der Waals surface area contributed by atoms with E-state index in [0.29, 0.717) is 51.6 Å². The minimum absolute atomic E-state index is 0.131. The molecule has 5 aromatic rings. The van der Waals surface area contributed by atoms with Crippen LogP contribution in [-0.2, 0) is 25.7 Å². The fourth-order valence-corrected chi connectivity index (χ4v) is 4.88. The average molecular weight is 662 g/mol. The van der Waals surface area contributed by atoms with Gasteiger partial charge < -0.3 is 29.4 Å². The highest BCUT2D eigenvalue weighted by atomic mass is 19.1. The molecule has 1 atom stereocenters. The van der Waals surface area contributed by atoms with Crippen molar-refractivity contribution in [2.75, 3.05) is 25.1 Å². The second-order valence-corrected chi connectivity index (χ2v) is 11.0. The molecule has 10 heteroatoms. The molecule has 5 aromatic carbocycles. The Morgan fingerprint density at radius 1 is 0.755 bits per heavy atom. The molecule has 0 heterocycles. The zero-order valence-corrected chi connectivity index (χ0v) is 26.2. The number of rotatable bonds is 16. The highest BCUT2D eigenvalue weighted by Gasteiger charge is 2.15. The smallest absolute Gasteiger partial charge is 0.341 e. The molecule has 9 nitrogen and oxygen atoms in total. The molecular formula is C39H32FNO8. The first kappa shape index (κ1) is 34.2. The number of carboxylic acid groups (broad SMARTS) is 1. The number of ether oxygens (including phenoxy) is 3. The van der Waals surface area contributed by atoms with Gasteiger partial charge >= 0.3 is 5.97 Å². The van der Waals surface area contributed by atoms with Crippen LogP contribution in [0.2, 0.25) is 0 Å². The summed E-state index contributed by atoms with van der Waals surface area (Å²) in [5.41, 5.74) is 3.74. The van der Waals surface area contributed by atoms with Gasteiger partial charge in [0.1, 0.15) is 23.6 Å². The maximum Gasteiger partial charge on any atom is 0.341 e. The molecule has 0 aromatic heterocycles. The van der Waals surface area contributed by atoms with Crippen molar-refractivity contribution in [3.8, 4) is 22.6 Å². The maximum atomic E-state index is 15.1. The third kappa shape index (κ3) is 9.69. The molecular weight excluding hydrogens is 629 g/mol. The number of nitrogens with one attached hydrogen (secondary N) is 1. The van der Waals surface area contributed by atoms with Crippen LogP contribution in [0, 0.1) is 5.82 Å². The molecule has 248 valence electrons. The van der Waals surface area contributed by atoms with Gasteiger partial charge in [0.2, 0.25) is 0 Å². The first-order valence-electron chi connectivity index (χ1n) is 15.3. The lowest BCUT2D eigenvalue weighted by molar-refractivity contribution is -0.139. The fraction of sp³-hybridized carbons (Fsp3) is 0.128. The molecule has 0 aliphatic rings. The highest BCUT2D eigenvalue weighted by Crippen LogP contribution is 2.28. The van der Waals surface area contributed by atoms with Gasteiger partial charge in [0.15, 0.2) is 19.0 Å². The third-order valence-corrected chi connectivity index (χ3v) is 7.44. The summed E-state index contributed by atoms with van der Waals surface area (Å²) in [6, 6.07) is 33.3. The molecule has 0 spiro atoms. The number of hydrogen-bond donors (Lipinski definition) is 2. The number of carbonyl (C=O) groups excluding carboxylic acids is 3. The molecule has 49 heavy (non-hydrogen) atoms. The van der Waals surface area contributed by atoms with E-state index in [9.17, 15) is 19.2 Å². The summed E-state index contributed by atoms with van der Waals surface area (Å²) < 4.78 is 31.5. The van der Waals surface area contributed by atoms with Crippen LogP contribution in [0.3, 0.4) is 0 Å². The van der Waals surface area contributed by atoms with E-state index in [1.807, 2.05) is 30.3 Å². The molecule has 1 amide bonds. The number of carbonyl (C=O) groups is 4. The second kappa shape index (κ2) is 16.6. The quantitative estimate of drug-likeness (QED) is 0.0883. The topological polar surface area (TPSA) is 128 Å². The summed E-state index contributed by atoms with van der Waals surface area (Å²) in [4.78, 5) is 47.7. The van der Waals surface area contributed by atoms with Crippen LogP contribution in [0.4, 0.5) is 10.1 Å². The van der Waals surface area contributed by atoms with Gasteiger partial charge in [-0.15, -0.1) is 0 Å². The molecule has 0 bridgehead atoms. The fourth-order valence-electron chi connectivity index (χ4n) is 4.88. The van der Waals surface area contributed by atoms with Gasteiger partial charge in [-0.3, -0.25) is 9.59 Å². The summed E-state index contributed by atoms with van der Waals surface area (Å²) in [6.07, 6.45) is 0.753. The lowest BCUT2D eigenvalue weighted by atomic mass is 9.97. The van der Waals surface area contributed by atoms with E-state index in [4.69, 9.17) is 19.3 Å². The molecule has 0 fully saturated rings. The van der Waals surface area contributed by atoms with Crippen molar-refractivity contribution in [3.63, 3.8) is 0 Å². The maximum absolute atomic E-state index is 15.1. The number of hydrogen-bond acceptors (Lipinski definition) is 7. The minimum atomic E-state index is -1.10. The predicted octanol–water partition coefficient (Wildman–Crippen LogP) is 6.70. The largest absolute Gasteiger partial charge is 0.484 e. The van der Waals surface area contributed by atoms with E-state index in [-0.39, 0.29) is 19.0 Å². The van der Waals surface area contributed by atoms with Crippen molar-refractivity contribution in [1.29, 1.82) is 0 Å². The third-order valence-electron chi connectivity index (χ3n) is 7.44. The number of ketones is 1. The molecule has 0 saturated heterocycles. The van der Waals surface area contributed by atoms with Crippen molar-refractivity contribution in [2.24, 2.45) is 0 Å². The van der Waals surface area contributed by atoms with E-state index in [0.717, 1.165) is 11.8 Å². The summed E-state index contributed by atoms with van der Waals surface area (Å²) in [5.74, 6) is -2.12. The van der Waals surface area contributed by atoms with Gasteiger partial charge in [-0.1, -0.05) is 54.6 Å². The van der Waals surface area contributed by atoms with Crippen molar-refractivity contribution in [1.82, 2.24) is 0 Å². The Hall–Kier alpha value is -6.13. The standard InChI is InChI=1S/C39H32FNO8/c40-36-20-30(31(21-42)23-47-22-26-4-2-1-3-5-26)12-19-35(36)27-6-13-32(14-7-27)41-37(43)24-48-33-15-8-28(9-16-33)39(46)29-10-17-34(18-11-29)49-25-38(44)45/h1-21,31H,22-25H2,(H,41,43)(H,44,45). The predicted molar refractivity (Wildman–Crippen MR) is 180 cm³/mol. The van der Waals surface area contributed by atoms with Crippen LogP contribution >= 0.6 is 0 Å². The van der Waals surface area contributed by atoms with Gasteiger partial charge in [-0.2, -0.15) is 0 Å². The molecule has 2 N–H and O–H groups in total. The lowest BCUT2D eigenvalue weighted by Crippen LogP contribution is -2.20. The first-order valence-corrected chi connectivity index (χ1v) is 15.3. The van der Waals surface area contributed by atoms with Gasteiger partial charge in [-0.25, -0.2) is 9.18 Å². The number of aliphatic carboxylic acids is 1. The van der Waals surface area contributed by atoms with Crippen LogP contribution in [0.5, 0.6) is 11.5 Å². The van der Waals surface area contributed by atoms with E-state index >= 15 is 4.39 Å². The lowest BCUT2D eigenvalue weighted by Gasteiger charge is -2.13. The Bertz CT molecular complexity index is 1890. The molecule has 0 aliphatic heterocycles. The minimum Gasteiger partial charge on any atom is -0.484 e. The van der Waals surface area contributed by atoms with Crippen LogP contribution in [-0.4, -0.2) is 48.9 Å². The summed E-state index contributed by atoms with van der Waals surface area (Å²) in [5, 5.41) is 11.4. The Morgan fingerprint density at radius 2 is 1.37 bits per heavy atom. The summed E-state index contributed by atoms with van der Waals surface area (Å²) >= 11 is 0. The number of anilines is 1. The van der Waals surface area contributed by atoms with Gasteiger partial charge in [0, 0.05) is 22.4 Å². The first-order chi connectivity index (χ1) is 23.8. The van der Waals surface area contributed by atoms with Crippen molar-refractivity contribution < 1.29 is 42.9 Å². The molecule has 1 unspecified atom stereocenters. The molecule has 0 aliphatic carbocycles. The SMILES string of the molecule is O=CC(COCc1ccccc1)c1ccc(-c2ccc(NC(=O)COc3ccc(C(=O)c4ccc(OCC(=O)O)cc4)cc3)cc2)c(F)c1. The number of halogens is 1. The molecule has 0 radical (unpaired) electrons. The normalized spacial score (nSPS) is 11.3. The molecule has 0 saturated carbocycles. The van der Waals surface area contributed by atoms with Gasteiger partial charge in [-0.05, 0) is 83.4 Å². The zero-order chi connectivity index (χ0) is 34.6. The monoisotopic (exact) mass is 661 g/mol. The van der Waals surface area contributed by atoms with Gasteiger partial charge in [0.25, 0.3) is 5.91 Å². The summed E-state index contributed by atoms with van der Waals surface area (Å²) in [7, 11) is 0. The number of benzene rings is 5. The van der Waals surface area contributed by atoms with Crippen LogP contribution in [0.1, 0.15) is 33.0 Å². The Labute approximate surface area is 281 Å². The van der Waals surface area contributed by atoms with E-state index < -0.39 is 30.2 Å². The number of carboxylic acids is 1. The second-order valence-electron chi connectivity index (χ2n) is 11.0.